The van der Waals surface area contributed by atoms with Crippen molar-refractivity contribution in [1.29, 1.82) is 0 Å². The quantitative estimate of drug-likeness (QED) is 0.140. The minimum absolute atomic E-state index is 0.217. The lowest BCUT2D eigenvalue weighted by molar-refractivity contribution is -0.143. The molecule has 27 heavy (non-hydrogen) atoms. The number of hydrogen-bond donors (Lipinski definition) is 9. The van der Waals surface area contributed by atoms with Crippen molar-refractivity contribution >= 4 is 54.9 Å². The lowest BCUT2D eigenvalue weighted by atomic mass is 10.1. The van der Waals surface area contributed by atoms with E-state index in [1.165, 1.54) is 0 Å². The van der Waals surface area contributed by atoms with E-state index in [2.05, 4.69) is 35.9 Å². The molecule has 14 heteroatoms. The van der Waals surface area contributed by atoms with Crippen molar-refractivity contribution in [3.8, 4) is 0 Å². The van der Waals surface area contributed by atoms with Crippen LogP contribution >= 0.6 is 25.3 Å². The molecule has 0 aliphatic carbocycles. The highest BCUT2D eigenvalue weighted by atomic mass is 32.1. The van der Waals surface area contributed by atoms with Crippen LogP contribution in [0.2, 0.25) is 0 Å². The number of aliphatic hydroxyl groups excluding tert-OH is 1. The Hall–Kier alpha value is -2.03. The van der Waals surface area contributed by atoms with Crippen LogP contribution in [0.25, 0.3) is 0 Å². The van der Waals surface area contributed by atoms with E-state index in [-0.39, 0.29) is 11.5 Å². The average molecular weight is 426 g/mol. The lowest BCUT2D eigenvalue weighted by Gasteiger charge is -2.23. The molecule has 0 aliphatic heterocycles. The van der Waals surface area contributed by atoms with Gasteiger partial charge in [0, 0.05) is 11.5 Å². The smallest absolute Gasteiger partial charge is 0.327 e. The number of carbonyl (C=O) groups excluding carboxylic acids is 3. The molecule has 0 aromatic rings. The minimum Gasteiger partial charge on any atom is -0.481 e. The van der Waals surface area contributed by atoms with Crippen molar-refractivity contribution in [3.63, 3.8) is 0 Å². The molecule has 0 aliphatic rings. The third-order valence-corrected chi connectivity index (χ3v) is 3.89. The highest BCUT2D eigenvalue weighted by Crippen LogP contribution is 1.99. The number of nitrogens with one attached hydrogen (secondary N) is 3. The number of rotatable bonds is 12. The molecule has 0 heterocycles. The van der Waals surface area contributed by atoms with Gasteiger partial charge in [0.1, 0.15) is 24.2 Å². The maximum atomic E-state index is 12.2. The van der Waals surface area contributed by atoms with Gasteiger partial charge in [0.2, 0.25) is 17.7 Å². The molecule has 0 saturated heterocycles. The largest absolute Gasteiger partial charge is 0.481 e. The Morgan fingerprint density at radius 2 is 1.26 bits per heavy atom. The molecular formula is C13H22N4O8S2. The van der Waals surface area contributed by atoms with E-state index < -0.39 is 66.9 Å². The van der Waals surface area contributed by atoms with E-state index in [1.54, 1.807) is 0 Å². The molecule has 4 atom stereocenters. The van der Waals surface area contributed by atoms with Crippen molar-refractivity contribution in [3.05, 3.63) is 0 Å². The van der Waals surface area contributed by atoms with E-state index in [0.717, 1.165) is 0 Å². The summed E-state index contributed by atoms with van der Waals surface area (Å²) in [5, 5.41) is 33.0. The molecule has 3 amide bonds. The highest BCUT2D eigenvalue weighted by Gasteiger charge is 2.30. The van der Waals surface area contributed by atoms with Gasteiger partial charge >= 0.3 is 11.9 Å². The van der Waals surface area contributed by atoms with E-state index in [4.69, 9.17) is 21.1 Å². The average Bonchev–Trinajstić information content (AvgIpc) is 2.61. The lowest BCUT2D eigenvalue weighted by Crippen LogP contribution is -2.58. The van der Waals surface area contributed by atoms with E-state index in [0.29, 0.717) is 0 Å². The fourth-order valence-corrected chi connectivity index (χ4v) is 2.17. The Kier molecular flexibility index (Phi) is 11.4. The number of amides is 3. The number of thiol groups is 2. The van der Waals surface area contributed by atoms with Gasteiger partial charge < -0.3 is 37.0 Å². The molecule has 4 unspecified atom stereocenters. The van der Waals surface area contributed by atoms with Gasteiger partial charge in [-0.15, -0.1) is 0 Å². The summed E-state index contributed by atoms with van der Waals surface area (Å²) in [6, 6.07) is -5.56. The van der Waals surface area contributed by atoms with Crippen LogP contribution in [0, 0.1) is 0 Å². The Bertz CT molecular complexity index is 577. The van der Waals surface area contributed by atoms with E-state index in [9.17, 15) is 24.0 Å². The second kappa shape index (κ2) is 12.4. The highest BCUT2D eigenvalue weighted by molar-refractivity contribution is 7.80. The van der Waals surface area contributed by atoms with Crippen LogP contribution in [0.3, 0.4) is 0 Å². The molecule has 0 spiro atoms. The van der Waals surface area contributed by atoms with Crippen molar-refractivity contribution in [1.82, 2.24) is 16.0 Å². The zero-order chi connectivity index (χ0) is 21.1. The van der Waals surface area contributed by atoms with Crippen LogP contribution in [0.5, 0.6) is 0 Å². The molecule has 0 aromatic carbocycles. The summed E-state index contributed by atoms with van der Waals surface area (Å²) in [6.07, 6.45) is -0.833. The third-order valence-electron chi connectivity index (χ3n) is 3.16. The first-order valence-corrected chi connectivity index (χ1v) is 8.77. The zero-order valence-corrected chi connectivity index (χ0v) is 15.8. The Balaban J connectivity index is 5.16. The molecule has 0 radical (unpaired) electrons. The summed E-state index contributed by atoms with van der Waals surface area (Å²) in [7, 11) is 0. The predicted octanol–water partition coefficient (Wildman–Crippen LogP) is -3.82. The van der Waals surface area contributed by atoms with Crippen LogP contribution in [0.15, 0.2) is 0 Å². The van der Waals surface area contributed by atoms with Gasteiger partial charge in [0.25, 0.3) is 0 Å². The molecule has 0 rings (SSSR count). The monoisotopic (exact) mass is 426 g/mol. The molecular weight excluding hydrogens is 404 g/mol. The van der Waals surface area contributed by atoms with E-state index >= 15 is 0 Å². The first kappa shape index (κ1) is 25.0. The number of carboxylic acids is 2. The van der Waals surface area contributed by atoms with Crippen molar-refractivity contribution in [2.75, 3.05) is 18.1 Å². The minimum atomic E-state index is -1.61. The normalized spacial score (nSPS) is 15.0. The molecule has 12 nitrogen and oxygen atoms in total. The second-order valence-corrected chi connectivity index (χ2v) is 6.00. The summed E-state index contributed by atoms with van der Waals surface area (Å²) in [6.45, 7) is -0.670. The number of aliphatic hydroxyl groups is 1. The topological polar surface area (TPSA) is 208 Å². The molecule has 0 bridgehead atoms. The Morgan fingerprint density at radius 1 is 0.815 bits per heavy atom. The maximum absolute atomic E-state index is 12.2. The van der Waals surface area contributed by atoms with Gasteiger partial charge in [-0.1, -0.05) is 0 Å². The number of carbonyl (C=O) groups is 5. The molecule has 0 fully saturated rings. The predicted molar refractivity (Wildman–Crippen MR) is 98.4 cm³/mol. The van der Waals surface area contributed by atoms with Gasteiger partial charge in [0.15, 0.2) is 0 Å². The number of hydrogen-bond acceptors (Lipinski definition) is 9. The number of aliphatic carboxylic acids is 2. The molecule has 0 saturated carbocycles. The van der Waals surface area contributed by atoms with Crippen LogP contribution in [-0.2, 0) is 24.0 Å². The fraction of sp³-hybridized carbons (Fsp3) is 0.615. The zero-order valence-electron chi connectivity index (χ0n) is 14.0. The summed E-state index contributed by atoms with van der Waals surface area (Å²) in [4.78, 5) is 57.9. The van der Waals surface area contributed by atoms with Crippen LogP contribution < -0.4 is 21.7 Å². The van der Waals surface area contributed by atoms with Gasteiger partial charge in [-0.3, -0.25) is 19.2 Å². The molecule has 0 aromatic heterocycles. The Morgan fingerprint density at radius 3 is 1.67 bits per heavy atom. The van der Waals surface area contributed by atoms with Gasteiger partial charge in [0.05, 0.1) is 13.0 Å². The molecule has 154 valence electrons. The van der Waals surface area contributed by atoms with Gasteiger partial charge in [-0.05, 0) is 0 Å². The summed E-state index contributed by atoms with van der Waals surface area (Å²) < 4.78 is 0. The SMILES string of the molecule is NC(CO)C(=O)NC(CS)C(=O)NC(CC(=O)O)C(=O)NC(CS)C(=O)O. The van der Waals surface area contributed by atoms with E-state index in [1.807, 2.05) is 5.32 Å². The number of carboxylic acid groups (broad SMARTS) is 2. The van der Waals surface area contributed by atoms with Crippen molar-refractivity contribution in [2.45, 2.75) is 30.6 Å². The molecule has 8 N–H and O–H groups in total. The van der Waals surface area contributed by atoms with Crippen LogP contribution in [0.1, 0.15) is 6.42 Å². The summed E-state index contributed by atoms with van der Waals surface area (Å²) in [5.41, 5.74) is 5.31. The maximum Gasteiger partial charge on any atom is 0.327 e. The third kappa shape index (κ3) is 8.94. The summed E-state index contributed by atoms with van der Waals surface area (Å²) in [5.74, 6) is -6.15. The van der Waals surface area contributed by atoms with Crippen LogP contribution in [-0.4, -0.2) is 87.3 Å². The standard InChI is InChI=1S/C13H22N4O8S2/c14-5(2-18)10(21)16-7(3-26)12(23)15-6(1-9(19)20)11(22)17-8(4-27)13(24)25/h5-8,18,26-27H,1-4,14H2,(H,15,23)(H,16,21)(H,17,22)(H,19,20)(H,24,25). The Labute approximate surface area is 165 Å². The van der Waals surface area contributed by atoms with Gasteiger partial charge in [-0.25, -0.2) is 4.79 Å². The number of nitrogens with two attached hydrogens (primary N) is 1. The fourth-order valence-electron chi connectivity index (χ4n) is 1.67. The first-order valence-electron chi connectivity index (χ1n) is 7.51. The van der Waals surface area contributed by atoms with Crippen molar-refractivity contribution < 1.29 is 39.3 Å². The summed E-state index contributed by atoms with van der Waals surface area (Å²) >= 11 is 7.65. The van der Waals surface area contributed by atoms with Crippen LogP contribution in [0.4, 0.5) is 0 Å². The van der Waals surface area contributed by atoms with Gasteiger partial charge in [-0.2, -0.15) is 25.3 Å². The van der Waals surface area contributed by atoms with Crippen molar-refractivity contribution in [2.24, 2.45) is 5.73 Å². The first-order chi connectivity index (χ1) is 12.6. The second-order valence-electron chi connectivity index (χ2n) is 5.27.